The van der Waals surface area contributed by atoms with Gasteiger partial charge in [-0.05, 0) is 30.2 Å². The molecule has 0 amide bonds. The van der Waals surface area contributed by atoms with E-state index < -0.39 is 15.4 Å². The van der Waals surface area contributed by atoms with Crippen LogP contribution in [0.2, 0.25) is 5.02 Å². The number of hydrogen-bond acceptors (Lipinski definition) is 3. The highest BCUT2D eigenvalue weighted by Gasteiger charge is 2.30. The third-order valence-corrected chi connectivity index (χ3v) is 5.22. The van der Waals surface area contributed by atoms with Crippen LogP contribution in [0.4, 0.5) is 0 Å². The quantitative estimate of drug-likeness (QED) is 0.919. The maximum atomic E-state index is 12.3. The minimum absolute atomic E-state index is 0.118. The Labute approximate surface area is 130 Å². The van der Waals surface area contributed by atoms with Gasteiger partial charge in [0.1, 0.15) is 5.60 Å². The lowest BCUT2D eigenvalue weighted by atomic mass is 9.99. The number of halogens is 1. The van der Waals surface area contributed by atoms with Gasteiger partial charge in [-0.15, -0.1) is 0 Å². The number of benzene rings is 2. The van der Waals surface area contributed by atoms with Crippen LogP contribution in [-0.2, 0) is 21.2 Å². The molecule has 0 aliphatic heterocycles. The second kappa shape index (κ2) is 6.18. The van der Waals surface area contributed by atoms with Crippen molar-refractivity contribution in [2.24, 2.45) is 0 Å². The van der Waals surface area contributed by atoms with Crippen molar-refractivity contribution in [2.75, 3.05) is 5.75 Å². The summed E-state index contributed by atoms with van der Waals surface area (Å²) in [7, 11) is -3.45. The predicted molar refractivity (Wildman–Crippen MR) is 85.0 cm³/mol. The molecule has 0 aliphatic carbocycles. The molecule has 0 saturated carbocycles. The molecule has 0 bridgehead atoms. The van der Waals surface area contributed by atoms with Crippen LogP contribution >= 0.6 is 11.6 Å². The van der Waals surface area contributed by atoms with Crippen molar-refractivity contribution in [1.82, 2.24) is 0 Å². The maximum Gasteiger partial charge on any atom is 0.157 e. The monoisotopic (exact) mass is 324 g/mol. The van der Waals surface area contributed by atoms with Gasteiger partial charge in [-0.1, -0.05) is 54.1 Å². The summed E-state index contributed by atoms with van der Waals surface area (Å²) < 4.78 is 24.6. The van der Waals surface area contributed by atoms with Gasteiger partial charge >= 0.3 is 0 Å². The molecule has 0 heterocycles. The van der Waals surface area contributed by atoms with Gasteiger partial charge in [0.15, 0.2) is 9.84 Å². The van der Waals surface area contributed by atoms with Crippen LogP contribution in [-0.4, -0.2) is 19.3 Å². The van der Waals surface area contributed by atoms with Crippen molar-refractivity contribution in [3.05, 3.63) is 70.7 Å². The number of sulfone groups is 1. The van der Waals surface area contributed by atoms with Crippen LogP contribution in [0.15, 0.2) is 54.6 Å². The highest BCUT2D eigenvalue weighted by atomic mass is 35.5. The Bertz CT molecular complexity index is 692. The average molecular weight is 325 g/mol. The molecule has 3 nitrogen and oxygen atoms in total. The van der Waals surface area contributed by atoms with Gasteiger partial charge in [0.05, 0.1) is 11.5 Å². The fourth-order valence-corrected chi connectivity index (χ4v) is 4.15. The van der Waals surface area contributed by atoms with E-state index in [0.717, 1.165) is 0 Å². The molecular formula is C16H17ClO3S. The molecule has 0 spiro atoms. The summed E-state index contributed by atoms with van der Waals surface area (Å²) in [5, 5.41) is 11.0. The van der Waals surface area contributed by atoms with E-state index in [1.807, 2.05) is 6.07 Å². The third kappa shape index (κ3) is 4.56. The summed E-state index contributed by atoms with van der Waals surface area (Å²) in [4.78, 5) is 0. The molecule has 1 unspecified atom stereocenters. The van der Waals surface area contributed by atoms with Crippen LogP contribution in [0.3, 0.4) is 0 Å². The normalized spacial score (nSPS) is 14.6. The Hall–Kier alpha value is -1.36. The molecule has 0 fully saturated rings. The zero-order valence-corrected chi connectivity index (χ0v) is 13.2. The van der Waals surface area contributed by atoms with Crippen molar-refractivity contribution in [3.63, 3.8) is 0 Å². The van der Waals surface area contributed by atoms with Gasteiger partial charge in [0, 0.05) is 5.02 Å². The summed E-state index contributed by atoms with van der Waals surface area (Å²) in [5.74, 6) is -0.445. The summed E-state index contributed by atoms with van der Waals surface area (Å²) in [6, 6.07) is 15.5. The molecule has 0 aliphatic rings. The Balaban J connectivity index is 2.15. The van der Waals surface area contributed by atoms with Crippen molar-refractivity contribution >= 4 is 21.4 Å². The third-order valence-electron chi connectivity index (χ3n) is 3.20. The van der Waals surface area contributed by atoms with Crippen molar-refractivity contribution in [2.45, 2.75) is 18.3 Å². The summed E-state index contributed by atoms with van der Waals surface area (Å²) in [6.45, 7) is 1.52. The average Bonchev–Trinajstić information content (AvgIpc) is 2.41. The van der Waals surface area contributed by atoms with Crippen LogP contribution in [0.25, 0.3) is 0 Å². The lowest BCUT2D eigenvalue weighted by Gasteiger charge is -2.23. The standard InChI is InChI=1S/C16H17ClO3S/c1-16(18,14-5-3-2-4-6-14)12-21(19,20)11-13-7-9-15(17)10-8-13/h2-10,18H,11-12H2,1H3. The highest BCUT2D eigenvalue weighted by molar-refractivity contribution is 7.90. The molecule has 2 rings (SSSR count). The summed E-state index contributed by atoms with van der Waals surface area (Å²) in [5.41, 5.74) is -0.167. The van der Waals surface area contributed by atoms with E-state index in [2.05, 4.69) is 0 Å². The molecule has 21 heavy (non-hydrogen) atoms. The fourth-order valence-electron chi connectivity index (χ4n) is 2.19. The van der Waals surface area contributed by atoms with Crippen molar-refractivity contribution in [3.8, 4) is 0 Å². The zero-order chi connectivity index (χ0) is 15.5. The molecule has 2 aromatic rings. The summed E-state index contributed by atoms with van der Waals surface area (Å²) in [6.07, 6.45) is 0. The first-order valence-electron chi connectivity index (χ1n) is 6.51. The lowest BCUT2D eigenvalue weighted by molar-refractivity contribution is 0.0819. The predicted octanol–water partition coefficient (Wildman–Crippen LogP) is 3.16. The second-order valence-electron chi connectivity index (χ2n) is 5.30. The van der Waals surface area contributed by atoms with E-state index in [1.165, 1.54) is 6.92 Å². The van der Waals surface area contributed by atoms with Gasteiger partial charge in [-0.2, -0.15) is 0 Å². The SMILES string of the molecule is CC(O)(CS(=O)(=O)Cc1ccc(Cl)cc1)c1ccccc1. The zero-order valence-electron chi connectivity index (χ0n) is 11.7. The molecule has 0 saturated heterocycles. The number of aliphatic hydroxyl groups is 1. The largest absolute Gasteiger partial charge is 0.384 e. The van der Waals surface area contributed by atoms with E-state index in [0.29, 0.717) is 16.1 Å². The van der Waals surface area contributed by atoms with Gasteiger partial charge in [-0.25, -0.2) is 8.42 Å². The van der Waals surface area contributed by atoms with Crippen LogP contribution < -0.4 is 0 Å². The van der Waals surface area contributed by atoms with E-state index in [-0.39, 0.29) is 11.5 Å². The first kappa shape index (κ1) is 16.0. The number of hydrogen-bond donors (Lipinski definition) is 1. The van der Waals surface area contributed by atoms with Crippen molar-refractivity contribution < 1.29 is 13.5 Å². The molecule has 2 aromatic carbocycles. The van der Waals surface area contributed by atoms with Gasteiger partial charge < -0.3 is 5.11 Å². The van der Waals surface area contributed by atoms with Crippen LogP contribution in [0.1, 0.15) is 18.1 Å². The van der Waals surface area contributed by atoms with Crippen LogP contribution in [0, 0.1) is 0 Å². The minimum Gasteiger partial charge on any atom is -0.384 e. The highest BCUT2D eigenvalue weighted by Crippen LogP contribution is 2.24. The Kier molecular flexibility index (Phi) is 4.71. The lowest BCUT2D eigenvalue weighted by Crippen LogP contribution is -2.31. The topological polar surface area (TPSA) is 54.4 Å². The Morgan fingerprint density at radius 1 is 1.05 bits per heavy atom. The molecule has 0 aromatic heterocycles. The molecule has 5 heteroatoms. The van der Waals surface area contributed by atoms with Gasteiger partial charge in [0.25, 0.3) is 0 Å². The molecule has 112 valence electrons. The summed E-state index contributed by atoms with van der Waals surface area (Å²) >= 11 is 5.78. The molecular weight excluding hydrogens is 308 g/mol. The van der Waals surface area contributed by atoms with Crippen LogP contribution in [0.5, 0.6) is 0 Å². The Morgan fingerprint density at radius 2 is 1.62 bits per heavy atom. The van der Waals surface area contributed by atoms with E-state index >= 15 is 0 Å². The van der Waals surface area contributed by atoms with Crippen molar-refractivity contribution in [1.29, 1.82) is 0 Å². The van der Waals surface area contributed by atoms with Gasteiger partial charge in [0.2, 0.25) is 0 Å². The number of rotatable bonds is 5. The van der Waals surface area contributed by atoms with E-state index in [1.54, 1.807) is 48.5 Å². The second-order valence-corrected chi connectivity index (χ2v) is 7.80. The molecule has 1 N–H and O–H groups in total. The first-order chi connectivity index (χ1) is 9.78. The van der Waals surface area contributed by atoms with E-state index in [9.17, 15) is 13.5 Å². The molecule has 0 radical (unpaired) electrons. The maximum absolute atomic E-state index is 12.3. The minimum atomic E-state index is -3.45. The fraction of sp³-hybridized carbons (Fsp3) is 0.250. The van der Waals surface area contributed by atoms with Gasteiger partial charge in [-0.3, -0.25) is 0 Å². The van der Waals surface area contributed by atoms with E-state index in [4.69, 9.17) is 11.6 Å². The first-order valence-corrected chi connectivity index (χ1v) is 8.71. The smallest absolute Gasteiger partial charge is 0.157 e. The Morgan fingerprint density at radius 3 is 2.19 bits per heavy atom. The molecule has 1 atom stereocenters.